The van der Waals surface area contributed by atoms with Crippen LogP contribution < -0.4 is 10.6 Å². The zero-order chi connectivity index (χ0) is 22.2. The molecule has 2 aromatic heterocycles. The topological polar surface area (TPSA) is 71.3 Å². The fraction of sp³-hybridized carbons (Fsp3) is 0.136. The smallest absolute Gasteiger partial charge is 0.340 e. The third kappa shape index (κ3) is 4.20. The first kappa shape index (κ1) is 20.4. The van der Waals surface area contributed by atoms with Crippen LogP contribution in [0.15, 0.2) is 60.7 Å². The van der Waals surface area contributed by atoms with Gasteiger partial charge in [-0.05, 0) is 36.8 Å². The number of hydrogen-bond acceptors (Lipinski definition) is 4. The number of rotatable bonds is 4. The number of fused-ring (bicyclic) bond motifs is 1. The molecule has 6 nitrogen and oxygen atoms in total. The van der Waals surface area contributed by atoms with Crippen LogP contribution in [0.3, 0.4) is 0 Å². The lowest BCUT2D eigenvalue weighted by atomic mass is 10.1. The molecular formula is C22H18F3N5O. The second-order valence-corrected chi connectivity index (χ2v) is 6.99. The Bertz CT molecular complexity index is 1250. The van der Waals surface area contributed by atoms with E-state index in [1.54, 1.807) is 67.6 Å². The molecule has 158 valence electrons. The summed E-state index contributed by atoms with van der Waals surface area (Å²) in [5, 5.41) is 9.62. The first-order valence-corrected chi connectivity index (χ1v) is 9.40. The summed E-state index contributed by atoms with van der Waals surface area (Å²) >= 11 is 0. The number of nitrogens with one attached hydrogen (secondary N) is 2. The lowest BCUT2D eigenvalue weighted by Crippen LogP contribution is -2.08. The number of alkyl halides is 3. The molecule has 9 heteroatoms. The quantitative estimate of drug-likeness (QED) is 0.458. The maximum absolute atomic E-state index is 13.8. The highest BCUT2D eigenvalue weighted by molar-refractivity contribution is 5.89. The lowest BCUT2D eigenvalue weighted by molar-refractivity contribution is -0.140. The number of hydrogen-bond donors (Lipinski definition) is 2. The highest BCUT2D eigenvalue weighted by atomic mass is 19.4. The van der Waals surface area contributed by atoms with Gasteiger partial charge >= 0.3 is 6.18 Å². The van der Waals surface area contributed by atoms with Crippen molar-refractivity contribution in [2.45, 2.75) is 20.0 Å². The van der Waals surface area contributed by atoms with Gasteiger partial charge < -0.3 is 10.6 Å². The molecule has 0 aliphatic rings. The summed E-state index contributed by atoms with van der Waals surface area (Å²) in [6, 6.07) is 16.7. The van der Waals surface area contributed by atoms with Crippen molar-refractivity contribution in [3.05, 3.63) is 72.1 Å². The number of carbonyl (C=O) groups is 1. The minimum atomic E-state index is -4.65. The molecule has 0 aliphatic carbocycles. The van der Waals surface area contributed by atoms with Gasteiger partial charge in [0, 0.05) is 30.1 Å². The third-order valence-corrected chi connectivity index (χ3v) is 4.53. The molecule has 0 radical (unpaired) electrons. The first-order valence-electron chi connectivity index (χ1n) is 9.40. The van der Waals surface area contributed by atoms with Gasteiger partial charge in [0.2, 0.25) is 5.91 Å². The molecule has 31 heavy (non-hydrogen) atoms. The average molecular weight is 425 g/mol. The van der Waals surface area contributed by atoms with E-state index in [4.69, 9.17) is 0 Å². The third-order valence-electron chi connectivity index (χ3n) is 4.53. The molecule has 1 amide bonds. The Morgan fingerprint density at radius 1 is 1.00 bits per heavy atom. The Hall–Kier alpha value is -3.88. The summed E-state index contributed by atoms with van der Waals surface area (Å²) < 4.78 is 42.6. The highest BCUT2D eigenvalue weighted by Crippen LogP contribution is 2.39. The maximum atomic E-state index is 13.8. The van der Waals surface area contributed by atoms with E-state index in [2.05, 4.69) is 20.7 Å². The van der Waals surface area contributed by atoms with E-state index in [0.29, 0.717) is 28.5 Å². The fourth-order valence-corrected chi connectivity index (χ4v) is 3.28. The number of nitrogens with zero attached hydrogens (tertiary/aromatic N) is 3. The van der Waals surface area contributed by atoms with Gasteiger partial charge in [0.1, 0.15) is 5.82 Å². The summed E-state index contributed by atoms with van der Waals surface area (Å²) in [4.78, 5) is 15.5. The monoisotopic (exact) mass is 425 g/mol. The molecule has 0 bridgehead atoms. The van der Waals surface area contributed by atoms with Crippen LogP contribution in [0.5, 0.6) is 0 Å². The molecule has 0 unspecified atom stereocenters. The van der Waals surface area contributed by atoms with Crippen LogP contribution in [0.25, 0.3) is 16.8 Å². The number of halogens is 3. The molecule has 4 rings (SSSR count). The van der Waals surface area contributed by atoms with Gasteiger partial charge in [-0.3, -0.25) is 4.79 Å². The molecule has 0 saturated carbocycles. The molecule has 0 saturated heterocycles. The Morgan fingerprint density at radius 2 is 1.65 bits per heavy atom. The minimum absolute atomic E-state index is 0.0687. The van der Waals surface area contributed by atoms with Crippen molar-refractivity contribution < 1.29 is 18.0 Å². The lowest BCUT2D eigenvalue weighted by Gasteiger charge is -2.10. The Balaban J connectivity index is 1.84. The second kappa shape index (κ2) is 7.75. The van der Waals surface area contributed by atoms with Crippen LogP contribution in [0.2, 0.25) is 0 Å². The SMILES string of the molecule is CC(=O)Nc1ccc(Nc2cc(C)nc3c(-c4ccccc4)c(C(F)(F)F)nn23)cc1. The van der Waals surface area contributed by atoms with Crippen LogP contribution in [0.1, 0.15) is 18.3 Å². The van der Waals surface area contributed by atoms with Crippen LogP contribution in [-0.2, 0) is 11.0 Å². The van der Waals surface area contributed by atoms with Crippen molar-refractivity contribution in [3.63, 3.8) is 0 Å². The summed E-state index contributed by atoms with van der Waals surface area (Å²) in [6.07, 6.45) is -4.65. The predicted molar refractivity (Wildman–Crippen MR) is 112 cm³/mol. The van der Waals surface area contributed by atoms with E-state index in [0.717, 1.165) is 0 Å². The average Bonchev–Trinajstić information content (AvgIpc) is 3.10. The molecule has 2 N–H and O–H groups in total. The van der Waals surface area contributed by atoms with Gasteiger partial charge in [0.15, 0.2) is 11.3 Å². The maximum Gasteiger partial charge on any atom is 0.435 e. The normalized spacial score (nSPS) is 11.5. The number of aromatic nitrogens is 3. The van der Waals surface area contributed by atoms with Crippen molar-refractivity contribution in [2.24, 2.45) is 0 Å². The van der Waals surface area contributed by atoms with Crippen LogP contribution in [0.4, 0.5) is 30.4 Å². The Morgan fingerprint density at radius 3 is 2.26 bits per heavy atom. The largest absolute Gasteiger partial charge is 0.435 e. The molecule has 0 aliphatic heterocycles. The molecule has 2 heterocycles. The number of carbonyl (C=O) groups excluding carboxylic acids is 1. The molecular weight excluding hydrogens is 407 g/mol. The molecule has 0 atom stereocenters. The van der Waals surface area contributed by atoms with Crippen LogP contribution in [-0.4, -0.2) is 20.5 Å². The highest BCUT2D eigenvalue weighted by Gasteiger charge is 2.39. The standard InChI is InChI=1S/C22H18F3N5O/c1-13-12-18(28-17-10-8-16(9-11-17)27-14(2)31)30-21(26-13)19(15-6-4-3-5-7-15)20(29-30)22(23,24)25/h3-12,28H,1-2H3,(H,27,31). The number of anilines is 3. The van der Waals surface area contributed by atoms with E-state index in [-0.39, 0.29) is 17.1 Å². The van der Waals surface area contributed by atoms with Gasteiger partial charge in [-0.1, -0.05) is 30.3 Å². The van der Waals surface area contributed by atoms with Crippen LogP contribution >= 0.6 is 0 Å². The summed E-state index contributed by atoms with van der Waals surface area (Å²) in [6.45, 7) is 3.11. The minimum Gasteiger partial charge on any atom is -0.340 e. The van der Waals surface area contributed by atoms with Gasteiger partial charge in [0.05, 0.1) is 5.56 Å². The zero-order valence-corrected chi connectivity index (χ0v) is 16.7. The van der Waals surface area contributed by atoms with E-state index in [1.807, 2.05) is 0 Å². The van der Waals surface area contributed by atoms with Crippen LogP contribution in [0, 0.1) is 6.92 Å². The van der Waals surface area contributed by atoms with Gasteiger partial charge in [-0.15, -0.1) is 0 Å². The van der Waals surface area contributed by atoms with Crippen molar-refractivity contribution in [2.75, 3.05) is 10.6 Å². The number of benzene rings is 2. The van der Waals surface area contributed by atoms with Crippen molar-refractivity contribution in [1.29, 1.82) is 0 Å². The Labute approximate surface area is 175 Å². The van der Waals surface area contributed by atoms with Gasteiger partial charge in [-0.2, -0.15) is 22.8 Å². The number of aryl methyl sites for hydroxylation is 1. The summed E-state index contributed by atoms with van der Waals surface area (Å²) in [5.74, 6) is 0.138. The predicted octanol–water partition coefficient (Wildman–Crippen LogP) is 5.43. The molecule has 0 spiro atoms. The van der Waals surface area contributed by atoms with Crippen molar-refractivity contribution in [1.82, 2.24) is 14.6 Å². The van der Waals surface area contributed by atoms with E-state index < -0.39 is 11.9 Å². The summed E-state index contributed by atoms with van der Waals surface area (Å²) in [7, 11) is 0. The number of amides is 1. The van der Waals surface area contributed by atoms with E-state index >= 15 is 0 Å². The molecule has 0 fully saturated rings. The van der Waals surface area contributed by atoms with Gasteiger partial charge in [0.25, 0.3) is 0 Å². The zero-order valence-electron chi connectivity index (χ0n) is 16.7. The van der Waals surface area contributed by atoms with E-state index in [1.165, 1.54) is 11.4 Å². The Kier molecular flexibility index (Phi) is 5.10. The second-order valence-electron chi connectivity index (χ2n) is 6.99. The summed E-state index contributed by atoms with van der Waals surface area (Å²) in [5.41, 5.74) is 1.19. The van der Waals surface area contributed by atoms with Gasteiger partial charge in [-0.25, -0.2) is 4.98 Å². The van der Waals surface area contributed by atoms with E-state index in [9.17, 15) is 18.0 Å². The molecule has 2 aromatic carbocycles. The van der Waals surface area contributed by atoms with Crippen molar-refractivity contribution >= 4 is 28.7 Å². The molecule has 4 aromatic rings. The van der Waals surface area contributed by atoms with Crippen molar-refractivity contribution in [3.8, 4) is 11.1 Å². The fourth-order valence-electron chi connectivity index (χ4n) is 3.28. The first-order chi connectivity index (χ1) is 14.7.